The number of anilines is 1. The molecular weight excluding hydrogens is 394 g/mol. The third-order valence-electron chi connectivity index (χ3n) is 4.06. The number of halogens is 1. The van der Waals surface area contributed by atoms with Crippen LogP contribution in [-0.2, 0) is 11.2 Å². The van der Waals surface area contributed by atoms with E-state index < -0.39 is 0 Å². The van der Waals surface area contributed by atoms with Crippen LogP contribution >= 0.6 is 15.9 Å². The Bertz CT molecular complexity index is 883. The van der Waals surface area contributed by atoms with Crippen molar-refractivity contribution in [1.29, 1.82) is 0 Å². The molecule has 0 atom stereocenters. The first kappa shape index (κ1) is 18.3. The minimum absolute atomic E-state index is 0.0127. The average molecular weight is 414 g/mol. The largest absolute Gasteiger partial charge is 0.339 e. The maximum Gasteiger partial charge on any atom is 0.226 e. The number of carbonyl (C=O) groups excluding carboxylic acids is 1. The number of hydrogen-bond acceptors (Lipinski definition) is 4. The first-order valence-electron chi connectivity index (χ1n) is 8.47. The molecule has 3 aromatic rings. The van der Waals surface area contributed by atoms with Gasteiger partial charge in [-0.05, 0) is 43.5 Å². The van der Waals surface area contributed by atoms with Crippen molar-refractivity contribution in [3.63, 3.8) is 0 Å². The highest BCUT2D eigenvalue weighted by Crippen LogP contribution is 2.25. The number of amides is 1. The molecule has 1 N–H and O–H groups in total. The lowest BCUT2D eigenvalue weighted by molar-refractivity contribution is -0.116. The second kappa shape index (κ2) is 8.27. The Morgan fingerprint density at radius 1 is 1.15 bits per heavy atom. The van der Waals surface area contributed by atoms with Crippen molar-refractivity contribution >= 4 is 27.5 Å². The van der Waals surface area contributed by atoms with Gasteiger partial charge < -0.3 is 9.84 Å². The molecular formula is C20H20BrN3O2. The zero-order valence-corrected chi connectivity index (χ0v) is 16.3. The SMILES string of the molecule is Cc1cc(Br)cc(C)c1NC(=O)CCCc1nc(-c2ccccc2)no1. The Kier molecular flexibility index (Phi) is 5.83. The van der Waals surface area contributed by atoms with E-state index in [2.05, 4.69) is 31.4 Å². The number of nitrogens with one attached hydrogen (secondary N) is 1. The van der Waals surface area contributed by atoms with E-state index in [1.54, 1.807) is 0 Å². The Morgan fingerprint density at radius 3 is 2.54 bits per heavy atom. The average Bonchev–Trinajstić information content (AvgIpc) is 3.08. The summed E-state index contributed by atoms with van der Waals surface area (Å²) in [6.07, 6.45) is 1.63. The lowest BCUT2D eigenvalue weighted by Crippen LogP contribution is -2.13. The molecule has 1 aromatic heterocycles. The molecule has 0 aliphatic carbocycles. The summed E-state index contributed by atoms with van der Waals surface area (Å²) in [5.74, 6) is 1.11. The first-order valence-corrected chi connectivity index (χ1v) is 9.27. The summed E-state index contributed by atoms with van der Waals surface area (Å²) in [6.45, 7) is 3.97. The van der Waals surface area contributed by atoms with Crippen LogP contribution in [0.3, 0.4) is 0 Å². The van der Waals surface area contributed by atoms with Crippen LogP contribution in [0.2, 0.25) is 0 Å². The number of aromatic nitrogens is 2. The van der Waals surface area contributed by atoms with Crippen LogP contribution in [-0.4, -0.2) is 16.0 Å². The number of nitrogens with zero attached hydrogens (tertiary/aromatic N) is 2. The topological polar surface area (TPSA) is 68.0 Å². The minimum atomic E-state index is -0.0127. The lowest BCUT2D eigenvalue weighted by atomic mass is 10.1. The van der Waals surface area contributed by atoms with Crippen molar-refractivity contribution in [2.45, 2.75) is 33.1 Å². The van der Waals surface area contributed by atoms with E-state index in [0.717, 1.165) is 26.9 Å². The van der Waals surface area contributed by atoms with Gasteiger partial charge in [0.15, 0.2) is 0 Å². The summed E-state index contributed by atoms with van der Waals surface area (Å²) in [5.41, 5.74) is 3.87. The van der Waals surface area contributed by atoms with Gasteiger partial charge in [0.05, 0.1) is 0 Å². The quantitative estimate of drug-likeness (QED) is 0.611. The summed E-state index contributed by atoms with van der Waals surface area (Å²) in [4.78, 5) is 16.6. The van der Waals surface area contributed by atoms with E-state index in [-0.39, 0.29) is 5.91 Å². The molecule has 2 aromatic carbocycles. The van der Waals surface area contributed by atoms with Crippen molar-refractivity contribution in [3.8, 4) is 11.4 Å². The highest BCUT2D eigenvalue weighted by Gasteiger charge is 2.11. The molecule has 0 radical (unpaired) electrons. The summed E-state index contributed by atoms with van der Waals surface area (Å²) in [7, 11) is 0. The molecule has 0 saturated heterocycles. The number of benzene rings is 2. The molecule has 26 heavy (non-hydrogen) atoms. The molecule has 0 spiro atoms. The third-order valence-corrected chi connectivity index (χ3v) is 4.51. The van der Waals surface area contributed by atoms with Gasteiger partial charge >= 0.3 is 0 Å². The van der Waals surface area contributed by atoms with Gasteiger partial charge in [0.25, 0.3) is 0 Å². The molecule has 0 fully saturated rings. The molecule has 0 bridgehead atoms. The second-order valence-electron chi connectivity index (χ2n) is 6.19. The predicted molar refractivity (Wildman–Crippen MR) is 105 cm³/mol. The third kappa shape index (κ3) is 4.58. The molecule has 3 rings (SSSR count). The van der Waals surface area contributed by atoms with Gasteiger partial charge in [0.1, 0.15) is 0 Å². The van der Waals surface area contributed by atoms with Crippen LogP contribution in [0.5, 0.6) is 0 Å². The van der Waals surface area contributed by atoms with E-state index in [1.807, 2.05) is 56.3 Å². The van der Waals surface area contributed by atoms with Crippen LogP contribution < -0.4 is 5.32 Å². The van der Waals surface area contributed by atoms with Gasteiger partial charge in [0, 0.05) is 28.6 Å². The molecule has 0 aliphatic heterocycles. The molecule has 5 nitrogen and oxygen atoms in total. The number of carbonyl (C=O) groups is 1. The standard InChI is InChI=1S/C20H20BrN3O2/c1-13-11-16(21)12-14(2)19(13)22-17(25)9-6-10-18-23-20(24-26-18)15-7-4-3-5-8-15/h3-5,7-8,11-12H,6,9-10H2,1-2H3,(H,22,25). The highest BCUT2D eigenvalue weighted by atomic mass is 79.9. The Balaban J connectivity index is 1.52. The first-order chi connectivity index (χ1) is 12.5. The molecule has 134 valence electrons. The fourth-order valence-electron chi connectivity index (χ4n) is 2.77. The highest BCUT2D eigenvalue weighted by molar-refractivity contribution is 9.10. The van der Waals surface area contributed by atoms with Gasteiger partial charge in [-0.15, -0.1) is 0 Å². The molecule has 6 heteroatoms. The fourth-order valence-corrected chi connectivity index (χ4v) is 3.46. The lowest BCUT2D eigenvalue weighted by Gasteiger charge is -2.12. The zero-order chi connectivity index (χ0) is 18.5. The molecule has 1 heterocycles. The maximum atomic E-state index is 12.2. The van der Waals surface area contributed by atoms with Gasteiger partial charge in [-0.1, -0.05) is 51.4 Å². The Morgan fingerprint density at radius 2 is 1.85 bits per heavy atom. The molecule has 1 amide bonds. The Hall–Kier alpha value is -2.47. The van der Waals surface area contributed by atoms with E-state index in [1.165, 1.54) is 0 Å². The van der Waals surface area contributed by atoms with E-state index in [4.69, 9.17) is 4.52 Å². The normalized spacial score (nSPS) is 10.7. The minimum Gasteiger partial charge on any atom is -0.339 e. The molecule has 0 saturated carbocycles. The van der Waals surface area contributed by atoms with Gasteiger partial charge in [0.2, 0.25) is 17.6 Å². The van der Waals surface area contributed by atoms with Crippen LogP contribution in [0.4, 0.5) is 5.69 Å². The van der Waals surface area contributed by atoms with Crippen LogP contribution in [0.1, 0.15) is 29.9 Å². The number of hydrogen-bond donors (Lipinski definition) is 1. The van der Waals surface area contributed by atoms with Gasteiger partial charge in [-0.2, -0.15) is 4.98 Å². The maximum absolute atomic E-state index is 12.2. The smallest absolute Gasteiger partial charge is 0.226 e. The summed E-state index contributed by atoms with van der Waals surface area (Å²) >= 11 is 3.46. The van der Waals surface area contributed by atoms with Crippen molar-refractivity contribution < 1.29 is 9.32 Å². The van der Waals surface area contributed by atoms with Crippen molar-refractivity contribution in [3.05, 3.63) is 64.0 Å². The monoisotopic (exact) mass is 413 g/mol. The zero-order valence-electron chi connectivity index (χ0n) is 14.8. The van der Waals surface area contributed by atoms with Crippen molar-refractivity contribution in [2.24, 2.45) is 0 Å². The molecule has 0 unspecified atom stereocenters. The van der Waals surface area contributed by atoms with Crippen LogP contribution in [0, 0.1) is 13.8 Å². The number of aryl methyl sites for hydroxylation is 3. The summed E-state index contributed by atoms with van der Waals surface area (Å²) in [5, 5.41) is 6.99. The predicted octanol–water partition coefficient (Wildman–Crippen LogP) is 5.08. The summed E-state index contributed by atoms with van der Waals surface area (Å²) in [6, 6.07) is 13.7. The van der Waals surface area contributed by atoms with E-state index in [0.29, 0.717) is 31.0 Å². The van der Waals surface area contributed by atoms with Crippen LogP contribution in [0.25, 0.3) is 11.4 Å². The summed E-state index contributed by atoms with van der Waals surface area (Å²) < 4.78 is 6.28. The van der Waals surface area contributed by atoms with Crippen LogP contribution in [0.15, 0.2) is 51.5 Å². The van der Waals surface area contributed by atoms with E-state index >= 15 is 0 Å². The van der Waals surface area contributed by atoms with Crippen molar-refractivity contribution in [1.82, 2.24) is 10.1 Å². The van der Waals surface area contributed by atoms with Gasteiger partial charge in [-0.3, -0.25) is 4.79 Å². The number of rotatable bonds is 6. The fraction of sp³-hybridized carbons (Fsp3) is 0.250. The molecule has 0 aliphatic rings. The van der Waals surface area contributed by atoms with Crippen molar-refractivity contribution in [2.75, 3.05) is 5.32 Å². The second-order valence-corrected chi connectivity index (χ2v) is 7.11. The Labute approximate surface area is 160 Å². The van der Waals surface area contributed by atoms with Gasteiger partial charge in [-0.25, -0.2) is 0 Å². The van der Waals surface area contributed by atoms with E-state index in [9.17, 15) is 4.79 Å².